The summed E-state index contributed by atoms with van der Waals surface area (Å²) >= 11 is 0. The van der Waals surface area contributed by atoms with E-state index in [2.05, 4.69) is 30.7 Å². The average molecular weight is 572 g/mol. The van der Waals surface area contributed by atoms with Gasteiger partial charge in [-0.25, -0.2) is 4.98 Å². The van der Waals surface area contributed by atoms with Crippen molar-refractivity contribution in [2.24, 2.45) is 17.3 Å². The number of nitrogens with zero attached hydrogens (tertiary/aromatic N) is 3. The Morgan fingerprint density at radius 1 is 1.05 bits per heavy atom. The van der Waals surface area contributed by atoms with Gasteiger partial charge >= 0.3 is 5.97 Å². The fourth-order valence-electron chi connectivity index (χ4n) is 5.64. The van der Waals surface area contributed by atoms with Crippen molar-refractivity contribution in [3.63, 3.8) is 0 Å². The van der Waals surface area contributed by atoms with Crippen LogP contribution in [0.4, 0.5) is 11.5 Å². The second kappa shape index (κ2) is 12.4. The van der Waals surface area contributed by atoms with Crippen LogP contribution in [0.1, 0.15) is 61.9 Å². The summed E-state index contributed by atoms with van der Waals surface area (Å²) < 4.78 is 11.7. The van der Waals surface area contributed by atoms with E-state index in [4.69, 9.17) is 9.47 Å². The molecule has 8 nitrogen and oxygen atoms in total. The molecule has 42 heavy (non-hydrogen) atoms. The minimum absolute atomic E-state index is 0.0400. The standard InChI is InChI=1S/C34H41N3O5/c1-34(2,3)22-37(31-10-5-6-15-35-31)33(40)28-14-13-26(41-4)17-30(28)36-19-23(20-36)21-42-27-9-7-8-25(16-27)29(18-32(38)39)24-11-12-24/h5-10,13-17,23-24,29H,11-12,18-22H2,1-4H3,(H,38,39). The zero-order valence-electron chi connectivity index (χ0n) is 25.0. The Balaban J connectivity index is 1.27. The fourth-order valence-corrected chi connectivity index (χ4v) is 5.64. The third kappa shape index (κ3) is 7.22. The molecule has 1 aromatic heterocycles. The van der Waals surface area contributed by atoms with Gasteiger partial charge in [-0.1, -0.05) is 39.0 Å². The summed E-state index contributed by atoms with van der Waals surface area (Å²) in [5.41, 5.74) is 2.37. The molecule has 1 aliphatic carbocycles. The van der Waals surface area contributed by atoms with Crippen LogP contribution in [0.2, 0.25) is 0 Å². The van der Waals surface area contributed by atoms with E-state index in [1.165, 1.54) is 0 Å². The molecule has 0 radical (unpaired) electrons. The predicted molar refractivity (Wildman–Crippen MR) is 164 cm³/mol. The highest BCUT2D eigenvalue weighted by Gasteiger charge is 2.35. The van der Waals surface area contributed by atoms with Gasteiger partial charge in [0.05, 0.1) is 31.4 Å². The Morgan fingerprint density at radius 2 is 1.83 bits per heavy atom. The third-order valence-corrected chi connectivity index (χ3v) is 7.89. The largest absolute Gasteiger partial charge is 0.497 e. The van der Waals surface area contributed by atoms with Crippen molar-refractivity contribution in [3.8, 4) is 11.5 Å². The molecule has 0 bridgehead atoms. The zero-order chi connectivity index (χ0) is 29.9. The number of ether oxygens (including phenoxy) is 2. The van der Waals surface area contributed by atoms with Crippen LogP contribution in [0.25, 0.3) is 0 Å². The van der Waals surface area contributed by atoms with Crippen LogP contribution in [0, 0.1) is 17.3 Å². The number of hydrogen-bond acceptors (Lipinski definition) is 6. The Morgan fingerprint density at radius 3 is 2.48 bits per heavy atom. The molecule has 2 heterocycles. The first-order valence-electron chi connectivity index (χ1n) is 14.7. The quantitative estimate of drug-likeness (QED) is 0.274. The highest BCUT2D eigenvalue weighted by atomic mass is 16.5. The van der Waals surface area contributed by atoms with Gasteiger partial charge in [0.1, 0.15) is 17.3 Å². The van der Waals surface area contributed by atoms with Gasteiger partial charge in [0, 0.05) is 37.8 Å². The van der Waals surface area contributed by atoms with Crippen molar-refractivity contribution in [3.05, 3.63) is 78.0 Å². The summed E-state index contributed by atoms with van der Waals surface area (Å²) in [5.74, 6) is 2.03. The van der Waals surface area contributed by atoms with Crippen molar-refractivity contribution in [2.75, 3.05) is 43.2 Å². The normalized spacial score (nSPS) is 16.0. The van der Waals surface area contributed by atoms with Crippen LogP contribution < -0.4 is 19.3 Å². The van der Waals surface area contributed by atoms with Gasteiger partial charge in [0.15, 0.2) is 0 Å². The monoisotopic (exact) mass is 571 g/mol. The number of rotatable bonds is 12. The highest BCUT2D eigenvalue weighted by Crippen LogP contribution is 2.45. The number of carbonyl (C=O) groups excluding carboxylic acids is 1. The first-order valence-corrected chi connectivity index (χ1v) is 14.7. The van der Waals surface area contributed by atoms with Crippen molar-refractivity contribution < 1.29 is 24.2 Å². The average Bonchev–Trinajstić information content (AvgIpc) is 3.79. The number of carboxylic acid groups (broad SMARTS) is 1. The zero-order valence-corrected chi connectivity index (χ0v) is 25.0. The van der Waals surface area contributed by atoms with Gasteiger partial charge in [-0.15, -0.1) is 0 Å². The predicted octanol–water partition coefficient (Wildman–Crippen LogP) is 6.27. The third-order valence-electron chi connectivity index (χ3n) is 7.89. The van der Waals surface area contributed by atoms with Crippen LogP contribution in [-0.2, 0) is 4.79 Å². The SMILES string of the molecule is COc1ccc(C(=O)N(CC(C)(C)C)c2ccccn2)c(N2CC(COc3cccc(C(CC(=O)O)C4CC4)c3)C2)c1. The van der Waals surface area contributed by atoms with Crippen LogP contribution in [0.5, 0.6) is 11.5 Å². The van der Waals surface area contributed by atoms with Crippen LogP contribution >= 0.6 is 0 Å². The van der Waals surface area contributed by atoms with Gasteiger partial charge in [0.2, 0.25) is 0 Å². The molecule has 0 spiro atoms. The number of carboxylic acids is 1. The molecule has 1 aliphatic heterocycles. The van der Waals surface area contributed by atoms with E-state index in [-0.39, 0.29) is 23.7 Å². The van der Waals surface area contributed by atoms with E-state index < -0.39 is 5.97 Å². The fraction of sp³-hybridized carbons (Fsp3) is 0.441. The molecule has 2 fully saturated rings. The van der Waals surface area contributed by atoms with Crippen molar-refractivity contribution in [1.29, 1.82) is 0 Å². The Bertz CT molecular complexity index is 1390. The molecule has 2 aromatic carbocycles. The first kappa shape index (κ1) is 29.4. The number of methoxy groups -OCH3 is 1. The summed E-state index contributed by atoms with van der Waals surface area (Å²) in [6.45, 7) is 8.90. The molecule has 3 aromatic rings. The number of benzene rings is 2. The van der Waals surface area contributed by atoms with Crippen LogP contribution in [0.3, 0.4) is 0 Å². The topological polar surface area (TPSA) is 92.2 Å². The Labute approximate surface area is 248 Å². The maximum absolute atomic E-state index is 14.0. The van der Waals surface area contributed by atoms with Crippen molar-refractivity contribution in [2.45, 2.75) is 46.0 Å². The molecule has 1 amide bonds. The molecule has 1 N–H and O–H groups in total. The molecular formula is C34H41N3O5. The van der Waals surface area contributed by atoms with E-state index in [0.29, 0.717) is 42.1 Å². The van der Waals surface area contributed by atoms with E-state index >= 15 is 0 Å². The molecule has 8 heteroatoms. The van der Waals surface area contributed by atoms with Crippen LogP contribution in [-0.4, -0.2) is 55.3 Å². The lowest BCUT2D eigenvalue weighted by molar-refractivity contribution is -0.137. The highest BCUT2D eigenvalue weighted by molar-refractivity contribution is 6.09. The maximum atomic E-state index is 14.0. The first-order chi connectivity index (χ1) is 20.1. The molecule has 222 valence electrons. The lowest BCUT2D eigenvalue weighted by atomic mass is 9.91. The summed E-state index contributed by atoms with van der Waals surface area (Å²) in [6.07, 6.45) is 4.04. The van der Waals surface area contributed by atoms with E-state index in [1.807, 2.05) is 60.7 Å². The number of amides is 1. The number of anilines is 2. The summed E-state index contributed by atoms with van der Waals surface area (Å²) in [7, 11) is 1.63. The van der Waals surface area contributed by atoms with Crippen LogP contribution in [0.15, 0.2) is 66.9 Å². The van der Waals surface area contributed by atoms with E-state index in [1.54, 1.807) is 18.2 Å². The number of pyridine rings is 1. The lowest BCUT2D eigenvalue weighted by Gasteiger charge is -2.42. The van der Waals surface area contributed by atoms with Gasteiger partial charge < -0.3 is 19.5 Å². The molecule has 1 atom stereocenters. The number of hydrogen-bond donors (Lipinski definition) is 1. The van der Waals surface area contributed by atoms with Crippen molar-refractivity contribution in [1.82, 2.24) is 4.98 Å². The minimum atomic E-state index is -0.760. The lowest BCUT2D eigenvalue weighted by Crippen LogP contribution is -2.50. The molecule has 1 saturated carbocycles. The second-order valence-electron chi connectivity index (χ2n) is 12.7. The van der Waals surface area contributed by atoms with E-state index in [0.717, 1.165) is 42.9 Å². The Hall–Kier alpha value is -4.07. The summed E-state index contributed by atoms with van der Waals surface area (Å²) in [6, 6.07) is 19.1. The summed E-state index contributed by atoms with van der Waals surface area (Å²) in [4.78, 5) is 33.9. The molecule has 1 unspecified atom stereocenters. The molecule has 1 saturated heterocycles. The van der Waals surface area contributed by atoms with E-state index in [9.17, 15) is 14.7 Å². The van der Waals surface area contributed by atoms with Crippen molar-refractivity contribution >= 4 is 23.4 Å². The Kier molecular flexibility index (Phi) is 8.71. The molecule has 2 aliphatic rings. The summed E-state index contributed by atoms with van der Waals surface area (Å²) in [5, 5.41) is 9.38. The smallest absolute Gasteiger partial charge is 0.303 e. The number of aliphatic carboxylic acids is 1. The number of carbonyl (C=O) groups is 2. The minimum Gasteiger partial charge on any atom is -0.497 e. The van der Waals surface area contributed by atoms with Gasteiger partial charge in [0.25, 0.3) is 5.91 Å². The molecule has 5 rings (SSSR count). The van der Waals surface area contributed by atoms with Gasteiger partial charge in [-0.3, -0.25) is 14.5 Å². The molecular weight excluding hydrogens is 530 g/mol. The number of aromatic nitrogens is 1. The van der Waals surface area contributed by atoms with Gasteiger partial charge in [-0.2, -0.15) is 0 Å². The second-order valence-corrected chi connectivity index (χ2v) is 12.7. The maximum Gasteiger partial charge on any atom is 0.303 e. The van der Waals surface area contributed by atoms with Gasteiger partial charge in [-0.05, 0) is 72.1 Å².